The first kappa shape index (κ1) is 27.3. The van der Waals surface area contributed by atoms with Crippen molar-refractivity contribution in [3.8, 4) is 0 Å². The minimum Gasteiger partial charge on any atom is -0.386 e. The van der Waals surface area contributed by atoms with Crippen LogP contribution in [0.4, 0.5) is 0 Å². The fourth-order valence-corrected chi connectivity index (χ4v) is 0.874. The van der Waals surface area contributed by atoms with E-state index in [9.17, 15) is 4.79 Å². The van der Waals surface area contributed by atoms with E-state index in [0.29, 0.717) is 0 Å². The summed E-state index contributed by atoms with van der Waals surface area (Å²) in [6.07, 6.45) is 3.33. The summed E-state index contributed by atoms with van der Waals surface area (Å²) in [6.45, 7) is 18.5. The van der Waals surface area contributed by atoms with Crippen LogP contribution in [0.1, 0.15) is 81.6 Å². The Morgan fingerprint density at radius 3 is 1.90 bits per heavy atom. The first-order valence-electron chi connectivity index (χ1n) is 8.06. The number of hydrogen-bond acceptors (Lipinski definition) is 3. The molecule has 20 heavy (non-hydrogen) atoms. The van der Waals surface area contributed by atoms with E-state index in [-0.39, 0.29) is 12.5 Å². The largest absolute Gasteiger partial charge is 0.386 e. The third-order valence-corrected chi connectivity index (χ3v) is 1.55. The van der Waals surface area contributed by atoms with Gasteiger partial charge in [-0.05, 0) is 20.3 Å². The first-order valence-corrected chi connectivity index (χ1v) is 8.06. The Morgan fingerprint density at radius 1 is 1.00 bits per heavy atom. The van der Waals surface area contributed by atoms with Gasteiger partial charge in [0.2, 0.25) is 0 Å². The summed E-state index contributed by atoms with van der Waals surface area (Å²) in [6, 6.07) is 0. The minimum absolute atomic E-state index is 0.0112. The summed E-state index contributed by atoms with van der Waals surface area (Å²) in [4.78, 5) is 15.9. The van der Waals surface area contributed by atoms with E-state index in [1.807, 2.05) is 55.4 Å². The van der Waals surface area contributed by atoms with Gasteiger partial charge in [0.05, 0.1) is 5.71 Å². The molecule has 0 aromatic heterocycles. The molecule has 0 fully saturated rings. The Hall–Kier alpha value is -1.06. The van der Waals surface area contributed by atoms with Crippen LogP contribution in [-0.2, 0) is 9.63 Å². The maximum Gasteiger partial charge on any atom is 0.260 e. The monoisotopic (exact) mass is 290 g/mol. The molecule has 0 atom stereocenters. The second-order valence-electron chi connectivity index (χ2n) is 3.37. The van der Waals surface area contributed by atoms with Crippen LogP contribution in [0.5, 0.6) is 0 Å². The zero-order valence-corrected chi connectivity index (χ0v) is 15.3. The van der Waals surface area contributed by atoms with E-state index in [0.717, 1.165) is 31.5 Å². The highest BCUT2D eigenvalue weighted by Gasteiger charge is 1.99. The van der Waals surface area contributed by atoms with Gasteiger partial charge >= 0.3 is 0 Å². The molecule has 1 amide bonds. The molecule has 0 saturated heterocycles. The molecule has 0 saturated carbocycles. The Bertz CT molecular complexity index is 189. The molecular formula is C16H38N2O2. The molecule has 0 aromatic rings. The van der Waals surface area contributed by atoms with Crippen LogP contribution in [-0.4, -0.2) is 24.8 Å². The molecule has 0 heterocycles. The molecule has 0 aliphatic heterocycles. The molecule has 0 aliphatic carbocycles. The van der Waals surface area contributed by atoms with Crippen LogP contribution in [0.2, 0.25) is 0 Å². The predicted octanol–water partition coefficient (Wildman–Crippen LogP) is 4.78. The SMILES string of the molecule is CC.CC.CC.CCCCCNC(=O)CON=C(C)C. The molecule has 0 rings (SSSR count). The zero-order chi connectivity index (χ0) is 16.8. The van der Waals surface area contributed by atoms with Crippen molar-refractivity contribution in [3.05, 3.63) is 0 Å². The molecule has 0 unspecified atom stereocenters. The molecule has 124 valence electrons. The second kappa shape index (κ2) is 30.7. The molecule has 0 radical (unpaired) electrons. The van der Waals surface area contributed by atoms with Crippen LogP contribution < -0.4 is 5.32 Å². The number of rotatable bonds is 7. The molecule has 0 bridgehead atoms. The lowest BCUT2D eigenvalue weighted by Crippen LogP contribution is -2.27. The van der Waals surface area contributed by atoms with Gasteiger partial charge in [0, 0.05) is 6.54 Å². The van der Waals surface area contributed by atoms with E-state index < -0.39 is 0 Å². The van der Waals surface area contributed by atoms with Crippen molar-refractivity contribution in [2.24, 2.45) is 5.16 Å². The summed E-state index contributed by atoms with van der Waals surface area (Å²) in [5, 5.41) is 6.42. The Kier molecular flexibility index (Phi) is 42.0. The molecule has 0 aromatic carbocycles. The third-order valence-electron chi connectivity index (χ3n) is 1.55. The van der Waals surface area contributed by atoms with Gasteiger partial charge in [-0.25, -0.2) is 0 Å². The number of oxime groups is 1. The van der Waals surface area contributed by atoms with Crippen LogP contribution in [0.15, 0.2) is 5.16 Å². The first-order chi connectivity index (χ1) is 9.66. The van der Waals surface area contributed by atoms with Crippen molar-refractivity contribution in [2.75, 3.05) is 13.2 Å². The zero-order valence-electron chi connectivity index (χ0n) is 15.3. The molecule has 4 heteroatoms. The summed E-state index contributed by atoms with van der Waals surface area (Å²) in [7, 11) is 0. The van der Waals surface area contributed by atoms with E-state index in [4.69, 9.17) is 4.84 Å². The molecular weight excluding hydrogens is 252 g/mol. The van der Waals surface area contributed by atoms with Gasteiger partial charge in [0.1, 0.15) is 0 Å². The number of nitrogens with one attached hydrogen (secondary N) is 1. The Labute approximate surface area is 127 Å². The van der Waals surface area contributed by atoms with Crippen LogP contribution >= 0.6 is 0 Å². The standard InChI is InChI=1S/C10H20N2O2.3C2H6/c1-4-5-6-7-11-10(13)8-14-12-9(2)3;3*1-2/h4-8H2,1-3H3,(H,11,13);3*1-2H3. The fraction of sp³-hybridized carbons (Fsp3) is 0.875. The summed E-state index contributed by atoms with van der Waals surface area (Å²) in [5.41, 5.74) is 0.809. The van der Waals surface area contributed by atoms with E-state index >= 15 is 0 Å². The lowest BCUT2D eigenvalue weighted by molar-refractivity contribution is -0.125. The number of unbranched alkanes of at least 4 members (excludes halogenated alkanes) is 2. The van der Waals surface area contributed by atoms with Crippen molar-refractivity contribution in [1.82, 2.24) is 5.32 Å². The van der Waals surface area contributed by atoms with Gasteiger partial charge < -0.3 is 10.2 Å². The van der Waals surface area contributed by atoms with Crippen LogP contribution in [0.25, 0.3) is 0 Å². The lowest BCUT2D eigenvalue weighted by Gasteiger charge is -2.03. The van der Waals surface area contributed by atoms with Crippen molar-refractivity contribution >= 4 is 11.6 Å². The summed E-state index contributed by atoms with van der Waals surface area (Å²) >= 11 is 0. The van der Waals surface area contributed by atoms with Gasteiger partial charge in [0.25, 0.3) is 5.91 Å². The lowest BCUT2D eigenvalue weighted by atomic mass is 10.2. The van der Waals surface area contributed by atoms with Crippen molar-refractivity contribution in [1.29, 1.82) is 0 Å². The molecule has 1 N–H and O–H groups in total. The van der Waals surface area contributed by atoms with Gasteiger partial charge in [-0.3, -0.25) is 4.79 Å². The van der Waals surface area contributed by atoms with Crippen LogP contribution in [0, 0.1) is 0 Å². The highest BCUT2D eigenvalue weighted by Crippen LogP contribution is 1.91. The molecule has 4 nitrogen and oxygen atoms in total. The normalized spacial score (nSPS) is 7.45. The van der Waals surface area contributed by atoms with E-state index in [2.05, 4.69) is 17.4 Å². The van der Waals surface area contributed by atoms with Crippen molar-refractivity contribution < 1.29 is 9.63 Å². The van der Waals surface area contributed by atoms with Gasteiger partial charge in [-0.1, -0.05) is 66.5 Å². The smallest absolute Gasteiger partial charge is 0.260 e. The van der Waals surface area contributed by atoms with Gasteiger partial charge in [-0.15, -0.1) is 0 Å². The second-order valence-corrected chi connectivity index (χ2v) is 3.37. The average molecular weight is 290 g/mol. The molecule has 0 aliphatic rings. The number of carbonyl (C=O) groups is 1. The minimum atomic E-state index is -0.105. The molecule has 0 spiro atoms. The number of amides is 1. The van der Waals surface area contributed by atoms with Crippen molar-refractivity contribution in [3.63, 3.8) is 0 Å². The quantitative estimate of drug-likeness (QED) is 0.416. The topological polar surface area (TPSA) is 50.7 Å². The maximum atomic E-state index is 11.1. The van der Waals surface area contributed by atoms with Crippen LogP contribution in [0.3, 0.4) is 0 Å². The van der Waals surface area contributed by atoms with Gasteiger partial charge in [0.15, 0.2) is 6.61 Å². The van der Waals surface area contributed by atoms with E-state index in [1.165, 1.54) is 0 Å². The summed E-state index contributed by atoms with van der Waals surface area (Å²) in [5.74, 6) is -0.105. The maximum absolute atomic E-state index is 11.1. The predicted molar refractivity (Wildman–Crippen MR) is 91.3 cm³/mol. The number of hydrogen-bond donors (Lipinski definition) is 1. The Balaban J connectivity index is -0.000000187. The average Bonchev–Trinajstić information content (AvgIpc) is 2.49. The summed E-state index contributed by atoms with van der Waals surface area (Å²) < 4.78 is 0. The van der Waals surface area contributed by atoms with E-state index in [1.54, 1.807) is 0 Å². The number of nitrogens with zero attached hydrogens (tertiary/aromatic N) is 1. The Morgan fingerprint density at radius 2 is 1.50 bits per heavy atom. The third kappa shape index (κ3) is 36.0. The van der Waals surface area contributed by atoms with Gasteiger partial charge in [-0.2, -0.15) is 0 Å². The highest BCUT2D eigenvalue weighted by atomic mass is 16.6. The highest BCUT2D eigenvalue weighted by molar-refractivity contribution is 5.79. The van der Waals surface area contributed by atoms with Crippen molar-refractivity contribution in [2.45, 2.75) is 81.6 Å². The number of carbonyl (C=O) groups excluding carboxylic acids is 1. The fourth-order valence-electron chi connectivity index (χ4n) is 0.874.